The normalized spacial score (nSPS) is 10.4. The summed E-state index contributed by atoms with van der Waals surface area (Å²) in [6.45, 7) is 2.31. The lowest BCUT2D eigenvalue weighted by molar-refractivity contribution is -0.116. The summed E-state index contributed by atoms with van der Waals surface area (Å²) in [6.07, 6.45) is 0.851. The van der Waals surface area contributed by atoms with E-state index in [9.17, 15) is 9.18 Å². The van der Waals surface area contributed by atoms with Crippen LogP contribution in [0.25, 0.3) is 0 Å². The SMILES string of the molecule is Cc1cc(OCCCC(=O)Nc2ccc(F)c(Cl)c2)ccc1Cl. The fourth-order valence-corrected chi connectivity index (χ4v) is 2.23. The van der Waals surface area contributed by atoms with Gasteiger partial charge in [-0.1, -0.05) is 23.2 Å². The van der Waals surface area contributed by atoms with Crippen molar-refractivity contribution in [2.75, 3.05) is 11.9 Å². The van der Waals surface area contributed by atoms with Crippen LogP contribution < -0.4 is 10.1 Å². The number of aryl methyl sites for hydroxylation is 1. The van der Waals surface area contributed by atoms with Crippen molar-refractivity contribution in [3.63, 3.8) is 0 Å². The van der Waals surface area contributed by atoms with Crippen LogP contribution in [0.1, 0.15) is 18.4 Å². The number of carbonyl (C=O) groups is 1. The van der Waals surface area contributed by atoms with Crippen LogP contribution in [0, 0.1) is 12.7 Å². The van der Waals surface area contributed by atoms with Gasteiger partial charge in [-0.25, -0.2) is 4.39 Å². The van der Waals surface area contributed by atoms with Gasteiger partial charge in [0.1, 0.15) is 11.6 Å². The Morgan fingerprint density at radius 2 is 1.96 bits per heavy atom. The first-order valence-corrected chi connectivity index (χ1v) is 7.85. The maximum Gasteiger partial charge on any atom is 0.224 e. The highest BCUT2D eigenvalue weighted by Gasteiger charge is 2.06. The summed E-state index contributed by atoms with van der Waals surface area (Å²) in [5, 5.41) is 3.33. The number of hydrogen-bond acceptors (Lipinski definition) is 2. The van der Waals surface area contributed by atoms with Crippen molar-refractivity contribution >= 4 is 34.8 Å². The Hall–Kier alpha value is -1.78. The highest BCUT2D eigenvalue weighted by atomic mass is 35.5. The molecule has 23 heavy (non-hydrogen) atoms. The number of hydrogen-bond donors (Lipinski definition) is 1. The minimum absolute atomic E-state index is 0.0239. The zero-order valence-corrected chi connectivity index (χ0v) is 14.0. The van der Waals surface area contributed by atoms with Crippen molar-refractivity contribution in [1.29, 1.82) is 0 Å². The van der Waals surface area contributed by atoms with Gasteiger partial charge in [0.2, 0.25) is 5.91 Å². The Bertz CT molecular complexity index is 707. The highest BCUT2D eigenvalue weighted by molar-refractivity contribution is 6.31. The third-order valence-electron chi connectivity index (χ3n) is 3.15. The zero-order valence-electron chi connectivity index (χ0n) is 12.5. The number of ether oxygens (including phenoxy) is 1. The highest BCUT2D eigenvalue weighted by Crippen LogP contribution is 2.21. The third-order valence-corrected chi connectivity index (χ3v) is 3.86. The van der Waals surface area contributed by atoms with E-state index >= 15 is 0 Å². The molecule has 2 rings (SSSR count). The fourth-order valence-electron chi connectivity index (χ4n) is 1.93. The first-order valence-electron chi connectivity index (χ1n) is 7.09. The van der Waals surface area contributed by atoms with Crippen LogP contribution >= 0.6 is 23.2 Å². The Morgan fingerprint density at radius 1 is 1.17 bits per heavy atom. The van der Waals surface area contributed by atoms with Gasteiger partial charge < -0.3 is 10.1 Å². The van der Waals surface area contributed by atoms with Gasteiger partial charge in [-0.15, -0.1) is 0 Å². The zero-order chi connectivity index (χ0) is 16.8. The molecule has 0 heterocycles. The summed E-state index contributed by atoms with van der Waals surface area (Å²) in [7, 11) is 0. The Kier molecular flexibility index (Phi) is 6.25. The van der Waals surface area contributed by atoms with Gasteiger partial charge in [-0.05, 0) is 55.3 Å². The van der Waals surface area contributed by atoms with Crippen molar-refractivity contribution < 1.29 is 13.9 Å². The lowest BCUT2D eigenvalue weighted by atomic mass is 10.2. The van der Waals surface area contributed by atoms with E-state index in [0.717, 1.165) is 11.3 Å². The van der Waals surface area contributed by atoms with E-state index in [4.69, 9.17) is 27.9 Å². The van der Waals surface area contributed by atoms with Crippen molar-refractivity contribution in [3.8, 4) is 5.75 Å². The Balaban J connectivity index is 1.74. The first-order chi connectivity index (χ1) is 11.0. The molecule has 0 atom stereocenters. The fraction of sp³-hybridized carbons (Fsp3) is 0.235. The van der Waals surface area contributed by atoms with Gasteiger partial charge in [0, 0.05) is 17.1 Å². The minimum Gasteiger partial charge on any atom is -0.494 e. The molecule has 0 aliphatic rings. The van der Waals surface area contributed by atoms with Gasteiger partial charge in [0.15, 0.2) is 0 Å². The van der Waals surface area contributed by atoms with Crippen LogP contribution in [0.4, 0.5) is 10.1 Å². The maximum absolute atomic E-state index is 13.0. The van der Waals surface area contributed by atoms with Crippen LogP contribution in [0.2, 0.25) is 10.0 Å². The van der Waals surface area contributed by atoms with Crippen molar-refractivity contribution in [1.82, 2.24) is 0 Å². The molecular weight excluding hydrogens is 340 g/mol. The van der Waals surface area contributed by atoms with Crippen LogP contribution in [0.15, 0.2) is 36.4 Å². The topological polar surface area (TPSA) is 38.3 Å². The molecule has 0 radical (unpaired) electrons. The van der Waals surface area contributed by atoms with Crippen LogP contribution in [0.3, 0.4) is 0 Å². The predicted octanol–water partition coefficient (Wildman–Crippen LogP) is 5.24. The van der Waals surface area contributed by atoms with E-state index < -0.39 is 5.82 Å². The van der Waals surface area contributed by atoms with E-state index in [1.807, 2.05) is 13.0 Å². The minimum atomic E-state index is -0.517. The molecule has 0 spiro atoms. The molecule has 0 unspecified atom stereocenters. The smallest absolute Gasteiger partial charge is 0.224 e. The van der Waals surface area contributed by atoms with Crippen LogP contribution in [0.5, 0.6) is 5.75 Å². The number of rotatable bonds is 6. The summed E-state index contributed by atoms with van der Waals surface area (Å²) in [5.74, 6) is 0.0255. The quantitative estimate of drug-likeness (QED) is 0.719. The molecule has 2 aromatic rings. The number of benzene rings is 2. The molecule has 0 aliphatic carbocycles. The average molecular weight is 356 g/mol. The average Bonchev–Trinajstić information content (AvgIpc) is 2.51. The summed E-state index contributed by atoms with van der Waals surface area (Å²) < 4.78 is 18.6. The van der Waals surface area contributed by atoms with Gasteiger partial charge in [-0.3, -0.25) is 4.79 Å². The van der Waals surface area contributed by atoms with Crippen LogP contribution in [-0.4, -0.2) is 12.5 Å². The molecule has 1 N–H and O–H groups in total. The molecule has 122 valence electrons. The van der Waals surface area contributed by atoms with Crippen LogP contribution in [-0.2, 0) is 4.79 Å². The lowest BCUT2D eigenvalue weighted by Crippen LogP contribution is -2.12. The van der Waals surface area contributed by atoms with Gasteiger partial charge >= 0.3 is 0 Å². The molecule has 6 heteroatoms. The van der Waals surface area contributed by atoms with E-state index in [1.54, 1.807) is 12.1 Å². The molecule has 0 saturated carbocycles. The first kappa shape index (κ1) is 17.6. The Morgan fingerprint density at radius 3 is 2.65 bits per heavy atom. The second-order valence-corrected chi connectivity index (χ2v) is 5.85. The molecule has 0 saturated heterocycles. The van der Waals surface area contributed by atoms with Crippen molar-refractivity contribution in [2.24, 2.45) is 0 Å². The van der Waals surface area contributed by atoms with Crippen molar-refractivity contribution in [3.05, 3.63) is 57.8 Å². The van der Waals surface area contributed by atoms with Crippen molar-refractivity contribution in [2.45, 2.75) is 19.8 Å². The van der Waals surface area contributed by atoms with E-state index in [0.29, 0.717) is 30.2 Å². The standard InChI is InChI=1S/C17H16Cl2FNO2/c1-11-9-13(5-6-14(11)18)23-8-2-3-17(22)21-12-4-7-16(20)15(19)10-12/h4-7,9-10H,2-3,8H2,1H3,(H,21,22). The molecule has 2 aromatic carbocycles. The van der Waals surface area contributed by atoms with Gasteiger partial charge in [0.25, 0.3) is 0 Å². The summed E-state index contributed by atoms with van der Waals surface area (Å²) in [4.78, 5) is 11.8. The van der Waals surface area contributed by atoms with Gasteiger partial charge in [0.05, 0.1) is 11.6 Å². The molecule has 1 amide bonds. The molecule has 0 aliphatic heterocycles. The molecule has 3 nitrogen and oxygen atoms in total. The molecular formula is C17H16Cl2FNO2. The van der Waals surface area contributed by atoms with E-state index in [2.05, 4.69) is 5.32 Å². The predicted molar refractivity (Wildman–Crippen MR) is 91.0 cm³/mol. The summed E-state index contributed by atoms with van der Waals surface area (Å²) in [6, 6.07) is 9.47. The summed E-state index contributed by atoms with van der Waals surface area (Å²) >= 11 is 11.6. The molecule has 0 bridgehead atoms. The van der Waals surface area contributed by atoms with E-state index in [1.165, 1.54) is 18.2 Å². The van der Waals surface area contributed by atoms with E-state index in [-0.39, 0.29) is 10.9 Å². The summed E-state index contributed by atoms with van der Waals surface area (Å²) in [5.41, 5.74) is 1.41. The number of halogens is 3. The maximum atomic E-state index is 13.0. The third kappa shape index (κ3) is 5.41. The largest absolute Gasteiger partial charge is 0.494 e. The second kappa shape index (κ2) is 8.18. The molecule has 0 aromatic heterocycles. The molecule has 0 fully saturated rings. The monoisotopic (exact) mass is 355 g/mol. The number of carbonyl (C=O) groups excluding carboxylic acids is 1. The lowest BCUT2D eigenvalue weighted by Gasteiger charge is -2.08. The number of anilines is 1. The Labute approximate surface area is 144 Å². The second-order valence-electron chi connectivity index (χ2n) is 5.04. The number of amides is 1. The van der Waals surface area contributed by atoms with Gasteiger partial charge in [-0.2, -0.15) is 0 Å². The number of nitrogens with one attached hydrogen (secondary N) is 1.